The molecular weight excluding hydrogens is 204 g/mol. The molecule has 0 aliphatic rings. The molecule has 0 spiro atoms. The van der Waals surface area contributed by atoms with Gasteiger partial charge in [-0.25, -0.2) is 4.79 Å². The average molecular weight is 222 g/mol. The van der Waals surface area contributed by atoms with Gasteiger partial charge in [-0.15, -0.1) is 0 Å². The molecule has 0 amide bonds. The predicted octanol–water partition coefficient (Wildman–Crippen LogP) is 2.88. The van der Waals surface area contributed by atoms with Crippen LogP contribution in [0.4, 0.5) is 0 Å². The van der Waals surface area contributed by atoms with Gasteiger partial charge in [-0.05, 0) is 51.0 Å². The monoisotopic (exact) mass is 222 g/mol. The quantitative estimate of drug-likeness (QED) is 0.738. The van der Waals surface area contributed by atoms with E-state index in [1.807, 2.05) is 39.8 Å². The van der Waals surface area contributed by atoms with Crippen LogP contribution >= 0.6 is 0 Å². The molecule has 1 aromatic carbocycles. The number of esters is 1. The summed E-state index contributed by atoms with van der Waals surface area (Å²) in [4.78, 5) is 11.5. The minimum Gasteiger partial charge on any atom is -0.491 e. The van der Waals surface area contributed by atoms with Gasteiger partial charge in [-0.1, -0.05) is 0 Å². The van der Waals surface area contributed by atoms with E-state index in [4.69, 9.17) is 9.47 Å². The van der Waals surface area contributed by atoms with Gasteiger partial charge in [0.25, 0.3) is 0 Å². The number of ether oxygens (including phenoxy) is 2. The van der Waals surface area contributed by atoms with Crippen molar-refractivity contribution in [1.29, 1.82) is 0 Å². The Bertz CT molecular complexity index is 371. The highest BCUT2D eigenvalue weighted by Crippen LogP contribution is 2.23. The topological polar surface area (TPSA) is 35.5 Å². The van der Waals surface area contributed by atoms with E-state index in [0.29, 0.717) is 5.56 Å². The van der Waals surface area contributed by atoms with Gasteiger partial charge in [0.1, 0.15) is 5.75 Å². The highest BCUT2D eigenvalue weighted by molar-refractivity contribution is 5.92. The van der Waals surface area contributed by atoms with E-state index in [1.165, 1.54) is 7.11 Å². The molecule has 3 nitrogen and oxygen atoms in total. The third kappa shape index (κ3) is 2.75. The third-order valence-electron chi connectivity index (χ3n) is 2.27. The molecule has 0 aromatic heterocycles. The lowest BCUT2D eigenvalue weighted by Gasteiger charge is -2.14. The number of carbonyl (C=O) groups excluding carboxylic acids is 1. The van der Waals surface area contributed by atoms with Crippen LogP contribution in [0.2, 0.25) is 0 Å². The maximum absolute atomic E-state index is 11.5. The predicted molar refractivity (Wildman–Crippen MR) is 63.0 cm³/mol. The molecule has 0 saturated heterocycles. The molecule has 0 bridgehead atoms. The van der Waals surface area contributed by atoms with Crippen molar-refractivity contribution in [3.05, 3.63) is 28.8 Å². The van der Waals surface area contributed by atoms with Gasteiger partial charge in [-0.3, -0.25) is 0 Å². The Kier molecular flexibility index (Phi) is 3.93. The van der Waals surface area contributed by atoms with Crippen LogP contribution in [0.5, 0.6) is 5.75 Å². The van der Waals surface area contributed by atoms with Crippen molar-refractivity contribution < 1.29 is 14.3 Å². The second-order valence-corrected chi connectivity index (χ2v) is 4.09. The number of methoxy groups -OCH3 is 1. The standard InChI is InChI=1S/C13H18O3/c1-8(2)16-11-6-9(3)12(10(4)7-11)13(14)15-5/h6-8H,1-5H3. The molecule has 88 valence electrons. The molecule has 0 heterocycles. The van der Waals surface area contributed by atoms with Crippen LogP contribution < -0.4 is 4.74 Å². The van der Waals surface area contributed by atoms with E-state index in [1.54, 1.807) is 0 Å². The van der Waals surface area contributed by atoms with Crippen molar-refractivity contribution in [1.82, 2.24) is 0 Å². The first-order valence-corrected chi connectivity index (χ1v) is 5.32. The molecule has 0 N–H and O–H groups in total. The smallest absolute Gasteiger partial charge is 0.338 e. The summed E-state index contributed by atoms with van der Waals surface area (Å²) in [6.45, 7) is 7.71. The van der Waals surface area contributed by atoms with E-state index in [0.717, 1.165) is 16.9 Å². The first-order valence-electron chi connectivity index (χ1n) is 5.32. The molecule has 1 aromatic rings. The molecule has 16 heavy (non-hydrogen) atoms. The lowest BCUT2D eigenvalue weighted by Crippen LogP contribution is -2.09. The summed E-state index contributed by atoms with van der Waals surface area (Å²) in [7, 11) is 1.39. The fraction of sp³-hybridized carbons (Fsp3) is 0.462. The van der Waals surface area contributed by atoms with Gasteiger partial charge in [0.2, 0.25) is 0 Å². The van der Waals surface area contributed by atoms with Crippen molar-refractivity contribution in [3.63, 3.8) is 0 Å². The summed E-state index contributed by atoms with van der Waals surface area (Å²) < 4.78 is 10.3. The van der Waals surface area contributed by atoms with E-state index in [9.17, 15) is 4.79 Å². The lowest BCUT2D eigenvalue weighted by molar-refractivity contribution is 0.0599. The Labute approximate surface area is 96.4 Å². The first-order chi connectivity index (χ1) is 7.45. The minimum absolute atomic E-state index is 0.128. The molecule has 0 saturated carbocycles. The maximum Gasteiger partial charge on any atom is 0.338 e. The molecule has 0 fully saturated rings. The van der Waals surface area contributed by atoms with E-state index < -0.39 is 0 Å². The van der Waals surface area contributed by atoms with Crippen LogP contribution in [0.1, 0.15) is 35.3 Å². The van der Waals surface area contributed by atoms with Crippen molar-refractivity contribution in [3.8, 4) is 5.75 Å². The Hall–Kier alpha value is -1.51. The third-order valence-corrected chi connectivity index (χ3v) is 2.27. The molecule has 3 heteroatoms. The normalized spacial score (nSPS) is 10.4. The minimum atomic E-state index is -0.300. The molecule has 0 aliphatic carbocycles. The fourth-order valence-corrected chi connectivity index (χ4v) is 1.69. The molecular formula is C13H18O3. The maximum atomic E-state index is 11.5. The highest BCUT2D eigenvalue weighted by Gasteiger charge is 2.14. The van der Waals surface area contributed by atoms with Gasteiger partial charge >= 0.3 is 5.97 Å². The zero-order valence-corrected chi connectivity index (χ0v) is 10.5. The first kappa shape index (κ1) is 12.6. The number of aryl methyl sites for hydroxylation is 2. The van der Waals surface area contributed by atoms with Crippen LogP contribution in [-0.4, -0.2) is 19.2 Å². The highest BCUT2D eigenvalue weighted by atomic mass is 16.5. The Morgan fingerprint density at radius 3 is 2.06 bits per heavy atom. The largest absolute Gasteiger partial charge is 0.491 e. The van der Waals surface area contributed by atoms with Crippen molar-refractivity contribution in [2.75, 3.05) is 7.11 Å². The van der Waals surface area contributed by atoms with Crippen LogP contribution in [0.15, 0.2) is 12.1 Å². The summed E-state index contributed by atoms with van der Waals surface area (Å²) in [6, 6.07) is 3.72. The van der Waals surface area contributed by atoms with Crippen LogP contribution in [0.3, 0.4) is 0 Å². The number of hydrogen-bond acceptors (Lipinski definition) is 3. The average Bonchev–Trinajstić information content (AvgIpc) is 2.15. The van der Waals surface area contributed by atoms with Gasteiger partial charge in [0, 0.05) is 0 Å². The summed E-state index contributed by atoms with van der Waals surface area (Å²) in [5, 5.41) is 0. The second-order valence-electron chi connectivity index (χ2n) is 4.09. The lowest BCUT2D eigenvalue weighted by atomic mass is 10.0. The van der Waals surface area contributed by atoms with E-state index >= 15 is 0 Å². The molecule has 0 unspecified atom stereocenters. The zero-order chi connectivity index (χ0) is 12.3. The van der Waals surface area contributed by atoms with Crippen LogP contribution in [0.25, 0.3) is 0 Å². The Balaban J connectivity index is 3.12. The molecule has 0 atom stereocenters. The van der Waals surface area contributed by atoms with E-state index in [2.05, 4.69) is 0 Å². The van der Waals surface area contributed by atoms with Crippen molar-refractivity contribution in [2.45, 2.75) is 33.8 Å². The summed E-state index contributed by atoms with van der Waals surface area (Å²) in [6.07, 6.45) is 0.128. The second kappa shape index (κ2) is 5.01. The molecule has 0 radical (unpaired) electrons. The van der Waals surface area contributed by atoms with Crippen LogP contribution in [-0.2, 0) is 4.74 Å². The zero-order valence-electron chi connectivity index (χ0n) is 10.5. The summed E-state index contributed by atoms with van der Waals surface area (Å²) in [5.41, 5.74) is 2.38. The number of hydrogen-bond donors (Lipinski definition) is 0. The summed E-state index contributed by atoms with van der Waals surface area (Å²) in [5.74, 6) is 0.490. The number of rotatable bonds is 3. The summed E-state index contributed by atoms with van der Waals surface area (Å²) >= 11 is 0. The van der Waals surface area contributed by atoms with Gasteiger partial charge in [-0.2, -0.15) is 0 Å². The fourth-order valence-electron chi connectivity index (χ4n) is 1.69. The number of benzene rings is 1. The van der Waals surface area contributed by atoms with Crippen molar-refractivity contribution >= 4 is 5.97 Å². The van der Waals surface area contributed by atoms with Crippen molar-refractivity contribution in [2.24, 2.45) is 0 Å². The number of carbonyl (C=O) groups is 1. The van der Waals surface area contributed by atoms with Gasteiger partial charge in [0.05, 0.1) is 18.8 Å². The molecule has 0 aliphatic heterocycles. The van der Waals surface area contributed by atoms with Crippen LogP contribution in [0, 0.1) is 13.8 Å². The SMILES string of the molecule is COC(=O)c1c(C)cc(OC(C)C)cc1C. The Morgan fingerprint density at radius 1 is 1.19 bits per heavy atom. The Morgan fingerprint density at radius 2 is 1.69 bits per heavy atom. The van der Waals surface area contributed by atoms with E-state index in [-0.39, 0.29) is 12.1 Å². The van der Waals surface area contributed by atoms with Gasteiger partial charge in [0.15, 0.2) is 0 Å². The molecule has 1 rings (SSSR count). The van der Waals surface area contributed by atoms with Gasteiger partial charge < -0.3 is 9.47 Å².